The predicted octanol–water partition coefficient (Wildman–Crippen LogP) is 4.19. The summed E-state index contributed by atoms with van der Waals surface area (Å²) in [5.41, 5.74) is 2.75. The molecule has 0 fully saturated rings. The molecule has 0 saturated carbocycles. The number of amides is 1. The van der Waals surface area contributed by atoms with E-state index >= 15 is 0 Å². The molecule has 0 unspecified atom stereocenters. The van der Waals surface area contributed by atoms with Crippen LogP contribution in [0.3, 0.4) is 0 Å². The molecular formula is C21H22N2O4S. The number of nitrogens with one attached hydrogen (secondary N) is 1. The molecule has 146 valence electrons. The van der Waals surface area contributed by atoms with Gasteiger partial charge in [0.25, 0.3) is 11.1 Å². The molecule has 0 aliphatic heterocycles. The fraction of sp³-hybridized carbons (Fsp3) is 0.286. The summed E-state index contributed by atoms with van der Waals surface area (Å²) in [6, 6.07) is 14.8. The molecule has 7 heteroatoms. The highest BCUT2D eigenvalue weighted by molar-refractivity contribution is 7.98. The van der Waals surface area contributed by atoms with E-state index in [9.17, 15) is 9.59 Å². The maximum atomic E-state index is 12.4. The number of thioether (sulfide) groups is 1. The monoisotopic (exact) mass is 398 g/mol. The van der Waals surface area contributed by atoms with Gasteiger partial charge in [-0.15, -0.1) is 0 Å². The van der Waals surface area contributed by atoms with Crippen molar-refractivity contribution in [1.82, 2.24) is 10.3 Å². The number of hydrogen-bond donors (Lipinski definition) is 1. The SMILES string of the molecule is CC[C@@H](C)NC(=O)COC(=O)c1ccccc1CSc1nc2ccccc2o1. The second-order valence-corrected chi connectivity index (χ2v) is 7.27. The van der Waals surface area contributed by atoms with Crippen LogP contribution in [0.4, 0.5) is 0 Å². The highest BCUT2D eigenvalue weighted by Gasteiger charge is 2.16. The number of hydrogen-bond acceptors (Lipinski definition) is 6. The molecule has 6 nitrogen and oxygen atoms in total. The largest absolute Gasteiger partial charge is 0.452 e. The zero-order valence-electron chi connectivity index (χ0n) is 15.8. The molecule has 1 N–H and O–H groups in total. The zero-order valence-corrected chi connectivity index (χ0v) is 16.6. The first-order valence-corrected chi connectivity index (χ1v) is 10.1. The molecule has 28 heavy (non-hydrogen) atoms. The van der Waals surface area contributed by atoms with Crippen LogP contribution in [-0.2, 0) is 15.3 Å². The zero-order chi connectivity index (χ0) is 19.9. The average molecular weight is 398 g/mol. The Morgan fingerprint density at radius 2 is 1.93 bits per heavy atom. The van der Waals surface area contributed by atoms with Gasteiger partial charge in [0.15, 0.2) is 12.2 Å². The van der Waals surface area contributed by atoms with Crippen molar-refractivity contribution in [3.05, 3.63) is 59.7 Å². The van der Waals surface area contributed by atoms with Crippen molar-refractivity contribution >= 4 is 34.7 Å². The van der Waals surface area contributed by atoms with Crippen LogP contribution in [0.5, 0.6) is 0 Å². The van der Waals surface area contributed by atoms with Gasteiger partial charge >= 0.3 is 5.97 Å². The summed E-state index contributed by atoms with van der Waals surface area (Å²) in [4.78, 5) is 28.7. The van der Waals surface area contributed by atoms with Crippen molar-refractivity contribution in [2.75, 3.05) is 6.61 Å². The number of ether oxygens (including phenoxy) is 1. The Labute approximate surface area is 167 Å². The Balaban J connectivity index is 1.62. The molecule has 1 aromatic heterocycles. The second kappa shape index (κ2) is 9.41. The van der Waals surface area contributed by atoms with Crippen LogP contribution in [0.15, 0.2) is 58.2 Å². The topological polar surface area (TPSA) is 81.4 Å². The lowest BCUT2D eigenvalue weighted by molar-refractivity contribution is -0.124. The number of carbonyl (C=O) groups is 2. The normalized spacial score (nSPS) is 11.9. The van der Waals surface area contributed by atoms with Crippen molar-refractivity contribution < 1.29 is 18.7 Å². The molecule has 2 aromatic carbocycles. The number of benzene rings is 2. The molecule has 0 bridgehead atoms. The fourth-order valence-electron chi connectivity index (χ4n) is 2.53. The maximum absolute atomic E-state index is 12.4. The van der Waals surface area contributed by atoms with E-state index in [1.54, 1.807) is 12.1 Å². The Morgan fingerprint density at radius 1 is 1.18 bits per heavy atom. The number of carbonyl (C=O) groups excluding carboxylic acids is 2. The van der Waals surface area contributed by atoms with E-state index in [-0.39, 0.29) is 18.6 Å². The minimum atomic E-state index is -0.520. The molecular weight excluding hydrogens is 376 g/mol. The van der Waals surface area contributed by atoms with E-state index in [2.05, 4.69) is 10.3 Å². The summed E-state index contributed by atoms with van der Waals surface area (Å²) in [6.45, 7) is 3.58. The molecule has 0 radical (unpaired) electrons. The number of para-hydroxylation sites is 2. The highest BCUT2D eigenvalue weighted by atomic mass is 32.2. The number of rotatable bonds is 8. The maximum Gasteiger partial charge on any atom is 0.338 e. The summed E-state index contributed by atoms with van der Waals surface area (Å²) in [5.74, 6) is -0.328. The molecule has 3 aromatic rings. The van der Waals surface area contributed by atoms with E-state index in [1.807, 2.05) is 50.2 Å². The van der Waals surface area contributed by atoms with E-state index in [0.717, 1.165) is 23.1 Å². The van der Waals surface area contributed by atoms with Gasteiger partial charge in [0.05, 0.1) is 5.56 Å². The van der Waals surface area contributed by atoms with Crippen LogP contribution in [0.2, 0.25) is 0 Å². The van der Waals surface area contributed by atoms with Gasteiger partial charge in [-0.25, -0.2) is 9.78 Å². The smallest absolute Gasteiger partial charge is 0.338 e. The van der Waals surface area contributed by atoms with Crippen LogP contribution in [0.25, 0.3) is 11.1 Å². The molecule has 1 amide bonds. The van der Waals surface area contributed by atoms with Crippen molar-refractivity contribution in [3.8, 4) is 0 Å². The second-order valence-electron chi connectivity index (χ2n) is 6.35. The van der Waals surface area contributed by atoms with Crippen molar-refractivity contribution in [2.24, 2.45) is 0 Å². The lowest BCUT2D eigenvalue weighted by Gasteiger charge is -2.12. The first-order valence-electron chi connectivity index (χ1n) is 9.09. The summed E-state index contributed by atoms with van der Waals surface area (Å²) in [5, 5.41) is 3.31. The third-order valence-corrected chi connectivity index (χ3v) is 5.09. The van der Waals surface area contributed by atoms with E-state index in [1.165, 1.54) is 11.8 Å². The van der Waals surface area contributed by atoms with Gasteiger partial charge in [0.2, 0.25) is 0 Å². The first-order chi connectivity index (χ1) is 13.6. The Kier molecular flexibility index (Phi) is 6.71. The van der Waals surface area contributed by atoms with Gasteiger partial charge in [-0.3, -0.25) is 4.79 Å². The summed E-state index contributed by atoms with van der Waals surface area (Å²) >= 11 is 1.40. The highest BCUT2D eigenvalue weighted by Crippen LogP contribution is 2.27. The molecule has 0 aliphatic rings. The number of esters is 1. The van der Waals surface area contributed by atoms with E-state index in [4.69, 9.17) is 9.15 Å². The standard InChI is InChI=1S/C21H22N2O4S/c1-3-14(2)22-19(24)12-26-20(25)16-9-5-4-8-15(16)13-28-21-23-17-10-6-7-11-18(17)27-21/h4-11,14H,3,12-13H2,1-2H3,(H,22,24)/t14-/m1/s1. The molecule has 0 aliphatic carbocycles. The average Bonchev–Trinajstić information content (AvgIpc) is 3.13. The quantitative estimate of drug-likeness (QED) is 0.453. The molecule has 0 spiro atoms. The summed E-state index contributed by atoms with van der Waals surface area (Å²) in [6.07, 6.45) is 0.815. The third kappa shape index (κ3) is 5.13. The Hall–Kier alpha value is -2.80. The minimum Gasteiger partial charge on any atom is -0.452 e. The van der Waals surface area contributed by atoms with Crippen LogP contribution in [0, 0.1) is 0 Å². The molecule has 1 heterocycles. The Morgan fingerprint density at radius 3 is 2.71 bits per heavy atom. The fourth-order valence-corrected chi connectivity index (χ4v) is 3.37. The van der Waals surface area contributed by atoms with Crippen molar-refractivity contribution in [1.29, 1.82) is 0 Å². The Bertz CT molecular complexity index is 937. The van der Waals surface area contributed by atoms with Gasteiger partial charge in [-0.2, -0.15) is 0 Å². The molecule has 3 rings (SSSR count). The van der Waals surface area contributed by atoms with Crippen LogP contribution in [-0.4, -0.2) is 29.5 Å². The minimum absolute atomic E-state index is 0.0474. The van der Waals surface area contributed by atoms with Gasteiger partial charge in [0.1, 0.15) is 5.52 Å². The van der Waals surface area contributed by atoms with Gasteiger partial charge in [0, 0.05) is 11.8 Å². The molecule has 1 atom stereocenters. The van der Waals surface area contributed by atoms with Crippen molar-refractivity contribution in [3.63, 3.8) is 0 Å². The summed E-state index contributed by atoms with van der Waals surface area (Å²) in [7, 11) is 0. The molecule has 0 saturated heterocycles. The number of fused-ring (bicyclic) bond motifs is 1. The van der Waals surface area contributed by atoms with Gasteiger partial charge in [-0.1, -0.05) is 49.0 Å². The number of nitrogens with zero attached hydrogens (tertiary/aromatic N) is 1. The summed E-state index contributed by atoms with van der Waals surface area (Å²) < 4.78 is 10.9. The van der Waals surface area contributed by atoms with Crippen LogP contribution in [0.1, 0.15) is 36.2 Å². The van der Waals surface area contributed by atoms with Crippen LogP contribution < -0.4 is 5.32 Å². The van der Waals surface area contributed by atoms with Gasteiger partial charge in [-0.05, 0) is 37.1 Å². The van der Waals surface area contributed by atoms with Crippen LogP contribution >= 0.6 is 11.8 Å². The lowest BCUT2D eigenvalue weighted by atomic mass is 10.1. The first kappa shape index (κ1) is 19.9. The van der Waals surface area contributed by atoms with Crippen molar-refractivity contribution in [2.45, 2.75) is 37.3 Å². The lowest BCUT2D eigenvalue weighted by Crippen LogP contribution is -2.35. The number of oxazole rings is 1. The van der Waals surface area contributed by atoms with E-state index in [0.29, 0.717) is 16.5 Å². The predicted molar refractivity (Wildman–Crippen MR) is 108 cm³/mol. The van der Waals surface area contributed by atoms with Gasteiger partial charge < -0.3 is 14.5 Å². The third-order valence-electron chi connectivity index (χ3n) is 4.22. The number of aromatic nitrogens is 1. The van der Waals surface area contributed by atoms with E-state index < -0.39 is 5.97 Å².